The van der Waals surface area contributed by atoms with Crippen LogP contribution in [-0.4, -0.2) is 49.1 Å². The van der Waals surface area contributed by atoms with Crippen LogP contribution in [0.3, 0.4) is 0 Å². The van der Waals surface area contributed by atoms with Crippen LogP contribution < -0.4 is 5.32 Å². The molecule has 1 aromatic heterocycles. The van der Waals surface area contributed by atoms with Gasteiger partial charge in [0.2, 0.25) is 5.91 Å². The molecule has 0 aliphatic carbocycles. The number of nitrogens with one attached hydrogen (secondary N) is 1. The van der Waals surface area contributed by atoms with Gasteiger partial charge >= 0.3 is 6.01 Å². The van der Waals surface area contributed by atoms with Crippen LogP contribution in [0.15, 0.2) is 36.4 Å². The smallest absolute Gasteiger partial charge is 0.319 e. The average molecular weight is 426 g/mol. The zero-order valence-electron chi connectivity index (χ0n) is 17.7. The van der Waals surface area contributed by atoms with Crippen LogP contribution in [-0.2, 0) is 16.1 Å². The Hall–Kier alpha value is -3.59. The standard InChI is InChI=1S/C22H26N4O5/c1-13(2)17-10-18(20(29)11-19(17)28)21-24-25-22(30)26(21)16-6-4-15(5-7-16)12-31-9-8-23-14(3)27/h4-7,10-11,13,28-29H,8-9,12H2,1-3H3,(H,23,27)(H,25,30). The second-order valence-corrected chi connectivity index (χ2v) is 7.44. The van der Waals surface area contributed by atoms with Crippen molar-refractivity contribution in [2.24, 2.45) is 0 Å². The molecule has 0 saturated carbocycles. The van der Waals surface area contributed by atoms with E-state index in [0.29, 0.717) is 36.6 Å². The van der Waals surface area contributed by atoms with Crippen LogP contribution in [0.25, 0.3) is 17.1 Å². The maximum atomic E-state index is 10.8. The van der Waals surface area contributed by atoms with E-state index in [0.717, 1.165) is 5.56 Å². The zero-order valence-corrected chi connectivity index (χ0v) is 17.7. The highest BCUT2D eigenvalue weighted by Crippen LogP contribution is 2.38. The molecule has 9 nitrogen and oxygen atoms in total. The predicted octanol–water partition coefficient (Wildman–Crippen LogP) is 2.83. The van der Waals surface area contributed by atoms with E-state index in [1.54, 1.807) is 18.2 Å². The Kier molecular flexibility index (Phi) is 6.76. The van der Waals surface area contributed by atoms with Gasteiger partial charge in [0, 0.05) is 19.5 Å². The third-order valence-corrected chi connectivity index (χ3v) is 4.74. The summed E-state index contributed by atoms with van der Waals surface area (Å²) >= 11 is 0. The highest BCUT2D eigenvalue weighted by Gasteiger charge is 2.20. The van der Waals surface area contributed by atoms with Crippen molar-refractivity contribution in [2.45, 2.75) is 33.3 Å². The normalized spacial score (nSPS) is 11.1. The molecule has 1 heterocycles. The van der Waals surface area contributed by atoms with Crippen LogP contribution >= 0.6 is 0 Å². The van der Waals surface area contributed by atoms with Gasteiger partial charge in [-0.3, -0.25) is 4.79 Å². The molecule has 0 aliphatic rings. The second-order valence-electron chi connectivity index (χ2n) is 7.44. The molecule has 0 spiro atoms. The van der Waals surface area contributed by atoms with Gasteiger partial charge in [-0.1, -0.05) is 31.1 Å². The van der Waals surface area contributed by atoms with Gasteiger partial charge in [-0.15, -0.1) is 5.10 Å². The Balaban J connectivity index is 1.83. The molecule has 3 rings (SSSR count). The van der Waals surface area contributed by atoms with Crippen LogP contribution in [0.1, 0.15) is 37.8 Å². The van der Waals surface area contributed by atoms with E-state index in [4.69, 9.17) is 4.74 Å². The topological polar surface area (TPSA) is 130 Å². The van der Waals surface area contributed by atoms with Gasteiger partial charge in [0.15, 0.2) is 5.82 Å². The number of carbonyl (C=O) groups is 1. The largest absolute Gasteiger partial charge is 0.508 e. The number of hydrogen-bond acceptors (Lipinski definition) is 7. The molecular weight excluding hydrogens is 400 g/mol. The third kappa shape index (κ3) is 5.13. The van der Waals surface area contributed by atoms with Gasteiger partial charge < -0.3 is 25.4 Å². The Morgan fingerprint density at radius 1 is 1.10 bits per heavy atom. The van der Waals surface area contributed by atoms with Crippen molar-refractivity contribution in [3.8, 4) is 34.6 Å². The Morgan fingerprint density at radius 3 is 2.45 bits per heavy atom. The molecule has 31 heavy (non-hydrogen) atoms. The summed E-state index contributed by atoms with van der Waals surface area (Å²) in [6.07, 6.45) is 0. The van der Waals surface area contributed by atoms with Crippen LogP contribution in [0.4, 0.5) is 0 Å². The van der Waals surface area contributed by atoms with Crippen LogP contribution in [0, 0.1) is 0 Å². The SMILES string of the molecule is CC(=O)NCCOCc1ccc(-n2c(O)nnc2-c2cc(C(C)C)c(O)cc2O)cc1. The van der Waals surface area contributed by atoms with E-state index in [9.17, 15) is 20.1 Å². The lowest BCUT2D eigenvalue weighted by Gasteiger charge is -2.14. The van der Waals surface area contributed by atoms with Crippen molar-refractivity contribution in [1.29, 1.82) is 0 Å². The van der Waals surface area contributed by atoms with E-state index < -0.39 is 0 Å². The molecular formula is C22H26N4O5. The Morgan fingerprint density at radius 2 is 1.81 bits per heavy atom. The molecule has 0 atom stereocenters. The van der Waals surface area contributed by atoms with Gasteiger partial charge in [0.1, 0.15) is 11.5 Å². The summed E-state index contributed by atoms with van der Waals surface area (Å²) in [4.78, 5) is 10.8. The first kappa shape index (κ1) is 22.1. The summed E-state index contributed by atoms with van der Waals surface area (Å²) in [5.41, 5.74) is 2.50. The number of hydrogen-bond donors (Lipinski definition) is 4. The number of ether oxygens (including phenoxy) is 1. The van der Waals surface area contributed by atoms with Gasteiger partial charge in [-0.05, 0) is 35.2 Å². The lowest BCUT2D eigenvalue weighted by molar-refractivity contribution is -0.119. The van der Waals surface area contributed by atoms with Gasteiger partial charge in [0.05, 0.1) is 24.5 Å². The van der Waals surface area contributed by atoms with E-state index >= 15 is 0 Å². The number of aromatic nitrogens is 3. The minimum atomic E-state index is -0.326. The summed E-state index contributed by atoms with van der Waals surface area (Å²) in [6.45, 7) is 6.52. The number of carbonyl (C=O) groups excluding carboxylic acids is 1. The lowest BCUT2D eigenvalue weighted by Crippen LogP contribution is -2.24. The number of rotatable bonds is 8. The fraction of sp³-hybridized carbons (Fsp3) is 0.318. The highest BCUT2D eigenvalue weighted by molar-refractivity contribution is 5.72. The Bertz CT molecular complexity index is 1060. The molecule has 0 bridgehead atoms. The van der Waals surface area contributed by atoms with Crippen molar-refractivity contribution >= 4 is 5.91 Å². The first-order valence-electron chi connectivity index (χ1n) is 9.90. The van der Waals surface area contributed by atoms with E-state index in [1.807, 2.05) is 26.0 Å². The molecule has 3 aromatic rings. The average Bonchev–Trinajstić information content (AvgIpc) is 3.09. The summed E-state index contributed by atoms with van der Waals surface area (Å²) in [6, 6.07) is 9.82. The maximum absolute atomic E-state index is 10.8. The van der Waals surface area contributed by atoms with Crippen molar-refractivity contribution in [3.05, 3.63) is 47.5 Å². The zero-order chi connectivity index (χ0) is 22.5. The minimum absolute atomic E-state index is 0.00519. The molecule has 4 N–H and O–H groups in total. The molecule has 0 unspecified atom stereocenters. The Labute approximate surface area is 179 Å². The summed E-state index contributed by atoms with van der Waals surface area (Å²) in [7, 11) is 0. The van der Waals surface area contributed by atoms with Gasteiger partial charge in [-0.2, -0.15) is 0 Å². The van der Waals surface area contributed by atoms with Crippen molar-refractivity contribution in [1.82, 2.24) is 20.1 Å². The number of phenols is 2. The van der Waals surface area contributed by atoms with Gasteiger partial charge in [-0.25, -0.2) is 4.57 Å². The number of aromatic hydroxyl groups is 3. The van der Waals surface area contributed by atoms with Crippen molar-refractivity contribution in [2.75, 3.05) is 13.2 Å². The maximum Gasteiger partial charge on any atom is 0.319 e. The summed E-state index contributed by atoms with van der Waals surface area (Å²) in [5.74, 6) is -0.00252. The minimum Gasteiger partial charge on any atom is -0.508 e. The van der Waals surface area contributed by atoms with E-state index in [-0.39, 0.29) is 35.2 Å². The van der Waals surface area contributed by atoms with Crippen LogP contribution in [0.5, 0.6) is 17.5 Å². The van der Waals surface area contributed by atoms with Crippen molar-refractivity contribution in [3.63, 3.8) is 0 Å². The molecule has 0 fully saturated rings. The summed E-state index contributed by atoms with van der Waals surface area (Å²) < 4.78 is 6.94. The molecule has 0 aliphatic heterocycles. The van der Waals surface area contributed by atoms with Crippen molar-refractivity contribution < 1.29 is 24.9 Å². The molecule has 0 radical (unpaired) electrons. The number of benzene rings is 2. The van der Waals surface area contributed by atoms with E-state index in [2.05, 4.69) is 15.5 Å². The monoisotopic (exact) mass is 426 g/mol. The number of amides is 1. The quantitative estimate of drug-likeness (QED) is 0.408. The first-order valence-corrected chi connectivity index (χ1v) is 9.90. The predicted molar refractivity (Wildman–Crippen MR) is 114 cm³/mol. The fourth-order valence-electron chi connectivity index (χ4n) is 3.15. The number of phenolic OH excluding ortho intramolecular Hbond substituents is 2. The molecule has 9 heteroatoms. The molecule has 164 valence electrons. The molecule has 0 saturated heterocycles. The fourth-order valence-corrected chi connectivity index (χ4v) is 3.15. The second kappa shape index (κ2) is 9.48. The highest BCUT2D eigenvalue weighted by atomic mass is 16.5. The van der Waals surface area contributed by atoms with Crippen LogP contribution in [0.2, 0.25) is 0 Å². The number of nitrogens with zero attached hydrogens (tertiary/aromatic N) is 3. The van der Waals surface area contributed by atoms with Gasteiger partial charge in [0.25, 0.3) is 0 Å². The molecule has 2 aromatic carbocycles. The van der Waals surface area contributed by atoms with E-state index in [1.165, 1.54) is 17.6 Å². The summed E-state index contributed by atoms with van der Waals surface area (Å²) in [5, 5.41) is 41.2. The third-order valence-electron chi connectivity index (χ3n) is 4.74. The molecule has 1 amide bonds. The lowest BCUT2D eigenvalue weighted by atomic mass is 9.98. The first-order chi connectivity index (χ1) is 14.8.